The molecule has 1 atom stereocenters. The fraction of sp³-hybridized carbons (Fsp3) is 0.556. The lowest BCUT2D eigenvalue weighted by Crippen LogP contribution is -2.37. The molecule has 1 unspecified atom stereocenters. The predicted octanol–water partition coefficient (Wildman–Crippen LogP) is 1.04. The molecule has 1 amide bonds. The van der Waals surface area contributed by atoms with Gasteiger partial charge in [-0.3, -0.25) is 9.79 Å². The lowest BCUT2D eigenvalue weighted by molar-refractivity contribution is 0.0168. The first-order chi connectivity index (χ1) is 12.2. The van der Waals surface area contributed by atoms with Crippen LogP contribution in [0, 0.1) is 0 Å². The highest BCUT2D eigenvalue weighted by molar-refractivity contribution is 5.92. The molecule has 138 valence electrons. The summed E-state index contributed by atoms with van der Waals surface area (Å²) in [4.78, 5) is 15.4. The lowest BCUT2D eigenvalue weighted by atomic mass is 10.1. The number of guanidine groups is 1. The summed E-state index contributed by atoms with van der Waals surface area (Å²) in [6.45, 7) is 3.58. The molecule has 0 aliphatic carbocycles. The van der Waals surface area contributed by atoms with Crippen molar-refractivity contribution >= 4 is 11.9 Å². The molecule has 4 N–H and O–H groups in total. The summed E-state index contributed by atoms with van der Waals surface area (Å²) in [6, 6.07) is 7.24. The molecule has 25 heavy (non-hydrogen) atoms. The van der Waals surface area contributed by atoms with E-state index >= 15 is 0 Å². The topological polar surface area (TPSA) is 98.0 Å². The molecule has 0 aromatic heterocycles. The van der Waals surface area contributed by atoms with Crippen molar-refractivity contribution in [2.75, 3.05) is 33.4 Å². The van der Waals surface area contributed by atoms with Crippen LogP contribution in [0.5, 0.6) is 0 Å². The number of hydrogen-bond acceptors (Lipinski definition) is 4. The van der Waals surface area contributed by atoms with Gasteiger partial charge in [-0.15, -0.1) is 0 Å². The molecule has 0 saturated carbocycles. The molecule has 7 nitrogen and oxygen atoms in total. The highest BCUT2D eigenvalue weighted by Crippen LogP contribution is 2.11. The van der Waals surface area contributed by atoms with Gasteiger partial charge >= 0.3 is 0 Å². The van der Waals surface area contributed by atoms with Gasteiger partial charge in [0.1, 0.15) is 0 Å². The summed E-state index contributed by atoms with van der Waals surface area (Å²) in [6.07, 6.45) is 3.41. The number of primary amides is 1. The van der Waals surface area contributed by atoms with Crippen molar-refractivity contribution in [1.82, 2.24) is 10.6 Å². The fourth-order valence-electron chi connectivity index (χ4n) is 2.61. The number of nitrogens with zero attached hydrogens (tertiary/aromatic N) is 1. The second-order valence-corrected chi connectivity index (χ2v) is 5.98. The van der Waals surface area contributed by atoms with Gasteiger partial charge in [-0.1, -0.05) is 12.1 Å². The number of nitrogens with two attached hydrogens (primary N) is 1. The summed E-state index contributed by atoms with van der Waals surface area (Å²) in [5.74, 6) is 0.288. The third-order valence-corrected chi connectivity index (χ3v) is 3.98. The van der Waals surface area contributed by atoms with E-state index in [4.69, 9.17) is 15.2 Å². The van der Waals surface area contributed by atoms with E-state index in [0.717, 1.165) is 38.0 Å². The number of hydrogen-bond donors (Lipinski definition) is 3. The third-order valence-electron chi connectivity index (χ3n) is 3.98. The maximum atomic E-state index is 11.2. The Morgan fingerprint density at radius 3 is 3.04 bits per heavy atom. The monoisotopic (exact) mass is 348 g/mol. The molecule has 0 spiro atoms. The molecule has 1 aromatic carbocycles. The van der Waals surface area contributed by atoms with Gasteiger partial charge in [0.25, 0.3) is 0 Å². The third kappa shape index (κ3) is 7.11. The van der Waals surface area contributed by atoms with Crippen molar-refractivity contribution in [3.05, 3.63) is 35.4 Å². The zero-order valence-corrected chi connectivity index (χ0v) is 14.8. The van der Waals surface area contributed by atoms with Gasteiger partial charge in [0, 0.05) is 38.9 Å². The van der Waals surface area contributed by atoms with Gasteiger partial charge in [-0.2, -0.15) is 0 Å². The van der Waals surface area contributed by atoms with Crippen molar-refractivity contribution in [3.8, 4) is 0 Å². The molecule has 1 saturated heterocycles. The quantitative estimate of drug-likeness (QED) is 0.352. The number of benzene rings is 1. The van der Waals surface area contributed by atoms with E-state index in [0.29, 0.717) is 31.3 Å². The summed E-state index contributed by atoms with van der Waals surface area (Å²) in [5, 5.41) is 6.45. The SMILES string of the molecule is CN=C(NCCCOCC1CCCO1)NCc1cccc(C(N)=O)c1. The Balaban J connectivity index is 1.60. The van der Waals surface area contributed by atoms with Gasteiger partial charge in [0.15, 0.2) is 5.96 Å². The van der Waals surface area contributed by atoms with E-state index in [1.165, 1.54) is 0 Å². The molecule has 1 fully saturated rings. The second-order valence-electron chi connectivity index (χ2n) is 5.98. The van der Waals surface area contributed by atoms with E-state index in [1.54, 1.807) is 19.2 Å². The standard InChI is InChI=1S/C18H28N4O3/c1-20-18(21-8-4-9-24-13-16-7-3-10-25-16)22-12-14-5-2-6-15(11-14)17(19)23/h2,5-6,11,16H,3-4,7-10,12-13H2,1H3,(H2,19,23)(H2,20,21,22). The van der Waals surface area contributed by atoms with Crippen molar-refractivity contribution in [2.24, 2.45) is 10.7 Å². The van der Waals surface area contributed by atoms with E-state index in [-0.39, 0.29) is 6.10 Å². The largest absolute Gasteiger partial charge is 0.379 e. The van der Waals surface area contributed by atoms with Gasteiger partial charge in [0.2, 0.25) is 5.91 Å². The summed E-state index contributed by atoms with van der Waals surface area (Å²) >= 11 is 0. The zero-order valence-electron chi connectivity index (χ0n) is 14.8. The van der Waals surface area contributed by atoms with Crippen molar-refractivity contribution < 1.29 is 14.3 Å². The number of aliphatic imine (C=N–C) groups is 1. The minimum atomic E-state index is -0.424. The minimum absolute atomic E-state index is 0.276. The molecular formula is C18H28N4O3. The molecule has 1 aliphatic rings. The molecule has 2 rings (SSSR count). The van der Waals surface area contributed by atoms with Crippen molar-refractivity contribution in [2.45, 2.75) is 31.9 Å². The fourth-order valence-corrected chi connectivity index (χ4v) is 2.61. The van der Waals surface area contributed by atoms with Gasteiger partial charge in [-0.05, 0) is 37.0 Å². The molecule has 1 aromatic rings. The van der Waals surface area contributed by atoms with Crippen LogP contribution in [-0.4, -0.2) is 51.4 Å². The summed E-state index contributed by atoms with van der Waals surface area (Å²) in [5.41, 5.74) is 6.77. The number of carbonyl (C=O) groups excluding carboxylic acids is 1. The number of nitrogens with one attached hydrogen (secondary N) is 2. The maximum Gasteiger partial charge on any atom is 0.248 e. The first kappa shape index (κ1) is 19.2. The first-order valence-electron chi connectivity index (χ1n) is 8.71. The molecule has 7 heteroatoms. The normalized spacial score (nSPS) is 17.5. The predicted molar refractivity (Wildman–Crippen MR) is 97.6 cm³/mol. The highest BCUT2D eigenvalue weighted by Gasteiger charge is 2.14. The second kappa shape index (κ2) is 10.7. The Morgan fingerprint density at radius 1 is 1.44 bits per heavy atom. The Bertz CT molecular complexity index is 571. The first-order valence-corrected chi connectivity index (χ1v) is 8.71. The molecular weight excluding hydrogens is 320 g/mol. The zero-order chi connectivity index (χ0) is 17.9. The van der Waals surface area contributed by atoms with Crippen LogP contribution in [-0.2, 0) is 16.0 Å². The molecule has 0 radical (unpaired) electrons. The van der Waals surface area contributed by atoms with Crippen LogP contribution in [0.2, 0.25) is 0 Å². The minimum Gasteiger partial charge on any atom is -0.379 e. The van der Waals surface area contributed by atoms with E-state index in [1.807, 2.05) is 12.1 Å². The Hall–Kier alpha value is -2.12. The van der Waals surface area contributed by atoms with E-state index in [2.05, 4.69) is 15.6 Å². The summed E-state index contributed by atoms with van der Waals surface area (Å²) in [7, 11) is 1.73. The smallest absolute Gasteiger partial charge is 0.248 e. The number of ether oxygens (including phenoxy) is 2. The van der Waals surface area contributed by atoms with Crippen LogP contribution in [0.25, 0.3) is 0 Å². The number of rotatable bonds is 9. The Labute approximate surface area is 149 Å². The van der Waals surface area contributed by atoms with Gasteiger partial charge < -0.3 is 25.8 Å². The van der Waals surface area contributed by atoms with Gasteiger partial charge in [0.05, 0.1) is 12.7 Å². The highest BCUT2D eigenvalue weighted by atomic mass is 16.5. The van der Waals surface area contributed by atoms with Gasteiger partial charge in [-0.25, -0.2) is 0 Å². The van der Waals surface area contributed by atoms with Crippen LogP contribution >= 0.6 is 0 Å². The summed E-state index contributed by atoms with van der Waals surface area (Å²) < 4.78 is 11.1. The van der Waals surface area contributed by atoms with E-state index < -0.39 is 5.91 Å². The van der Waals surface area contributed by atoms with E-state index in [9.17, 15) is 4.79 Å². The van der Waals surface area contributed by atoms with Crippen LogP contribution in [0.15, 0.2) is 29.3 Å². The van der Waals surface area contributed by atoms with Crippen LogP contribution < -0.4 is 16.4 Å². The van der Waals surface area contributed by atoms with Crippen LogP contribution in [0.3, 0.4) is 0 Å². The molecule has 1 aliphatic heterocycles. The Morgan fingerprint density at radius 2 is 2.32 bits per heavy atom. The average Bonchev–Trinajstić information content (AvgIpc) is 3.14. The molecule has 0 bridgehead atoms. The van der Waals surface area contributed by atoms with Crippen LogP contribution in [0.4, 0.5) is 0 Å². The lowest BCUT2D eigenvalue weighted by Gasteiger charge is -2.13. The Kier molecular flexibility index (Phi) is 8.21. The van der Waals surface area contributed by atoms with Crippen molar-refractivity contribution in [1.29, 1.82) is 0 Å². The molecule has 1 heterocycles. The number of carbonyl (C=O) groups is 1. The maximum absolute atomic E-state index is 11.2. The number of amides is 1. The average molecular weight is 348 g/mol. The van der Waals surface area contributed by atoms with Crippen LogP contribution in [0.1, 0.15) is 35.2 Å². The van der Waals surface area contributed by atoms with Crippen molar-refractivity contribution in [3.63, 3.8) is 0 Å².